The summed E-state index contributed by atoms with van der Waals surface area (Å²) >= 11 is 5.08. The summed E-state index contributed by atoms with van der Waals surface area (Å²) in [6.45, 7) is 4.15. The van der Waals surface area contributed by atoms with E-state index in [1.54, 1.807) is 23.5 Å². The Morgan fingerprint density at radius 3 is 2.58 bits per heavy atom. The van der Waals surface area contributed by atoms with Crippen LogP contribution in [0.25, 0.3) is 11.3 Å². The molecular weight excluding hydrogens is 391 g/mol. The molecule has 0 saturated carbocycles. The maximum Gasteiger partial charge on any atom is 0.191 e. The Kier molecular flexibility index (Phi) is 6.62. The van der Waals surface area contributed by atoms with Gasteiger partial charge < -0.3 is 15.5 Å². The Morgan fingerprint density at radius 2 is 2.04 bits per heavy atom. The lowest BCUT2D eigenvalue weighted by Gasteiger charge is -2.24. The van der Waals surface area contributed by atoms with Crippen molar-refractivity contribution in [2.24, 2.45) is 0 Å². The molecule has 0 spiro atoms. The maximum atomic E-state index is 13.1. The van der Waals surface area contributed by atoms with Crippen molar-refractivity contribution in [1.29, 1.82) is 0 Å². The lowest BCUT2D eigenvalue weighted by atomic mass is 10.2. The highest BCUT2D eigenvalue weighted by Gasteiger charge is 2.15. The van der Waals surface area contributed by atoms with E-state index >= 15 is 0 Å². The van der Waals surface area contributed by atoms with Gasteiger partial charge in [0.15, 0.2) is 5.13 Å². The number of hydrogen-bond donors (Lipinski definition) is 2. The van der Waals surface area contributed by atoms with Crippen LogP contribution in [0.1, 0.15) is 20.3 Å². The number of halogens is 2. The van der Waals surface area contributed by atoms with Gasteiger partial charge in [0.2, 0.25) is 0 Å². The first-order valence-corrected chi connectivity index (χ1v) is 9.52. The van der Waals surface area contributed by atoms with Crippen molar-refractivity contribution >= 4 is 32.4 Å². The van der Waals surface area contributed by atoms with Crippen LogP contribution < -0.4 is 15.5 Å². The monoisotopic (exact) mass is 412 g/mol. The SMILES string of the molecule is CC/C(NC(C)Br)=C(/NC)N(C)c1nc(-c2ccc(F)cc2)cs1. The lowest BCUT2D eigenvalue weighted by Crippen LogP contribution is -2.33. The van der Waals surface area contributed by atoms with Crippen molar-refractivity contribution in [1.82, 2.24) is 15.6 Å². The predicted octanol–water partition coefficient (Wildman–Crippen LogP) is 4.51. The van der Waals surface area contributed by atoms with Gasteiger partial charge in [-0.1, -0.05) is 22.9 Å². The summed E-state index contributed by atoms with van der Waals surface area (Å²) in [6, 6.07) is 6.39. The highest BCUT2D eigenvalue weighted by Crippen LogP contribution is 2.29. The Bertz CT molecular complexity index is 697. The molecule has 24 heavy (non-hydrogen) atoms. The second kappa shape index (κ2) is 8.48. The quantitative estimate of drug-likeness (QED) is 0.518. The number of hydrogen-bond acceptors (Lipinski definition) is 5. The first-order valence-electron chi connectivity index (χ1n) is 7.73. The van der Waals surface area contributed by atoms with Gasteiger partial charge in [-0.15, -0.1) is 11.3 Å². The van der Waals surface area contributed by atoms with E-state index < -0.39 is 0 Å². The van der Waals surface area contributed by atoms with Gasteiger partial charge >= 0.3 is 0 Å². The average Bonchev–Trinajstić information content (AvgIpc) is 3.04. The number of nitrogens with one attached hydrogen (secondary N) is 2. The molecule has 4 nitrogen and oxygen atoms in total. The molecule has 1 heterocycles. The fourth-order valence-corrected chi connectivity index (χ4v) is 3.45. The summed E-state index contributed by atoms with van der Waals surface area (Å²) in [6.07, 6.45) is 0.868. The molecule has 0 aliphatic carbocycles. The van der Waals surface area contributed by atoms with Gasteiger partial charge in [0.1, 0.15) is 11.6 Å². The van der Waals surface area contributed by atoms with Crippen molar-refractivity contribution in [3.63, 3.8) is 0 Å². The van der Waals surface area contributed by atoms with Crippen LogP contribution >= 0.6 is 27.3 Å². The van der Waals surface area contributed by atoms with Crippen molar-refractivity contribution in [2.75, 3.05) is 19.0 Å². The van der Waals surface area contributed by atoms with Crippen LogP contribution in [0.2, 0.25) is 0 Å². The molecule has 0 saturated heterocycles. The number of anilines is 1. The average molecular weight is 413 g/mol. The van der Waals surface area contributed by atoms with Crippen molar-refractivity contribution in [2.45, 2.75) is 25.2 Å². The van der Waals surface area contributed by atoms with E-state index in [0.717, 1.165) is 34.3 Å². The highest BCUT2D eigenvalue weighted by molar-refractivity contribution is 9.09. The smallest absolute Gasteiger partial charge is 0.191 e. The van der Waals surface area contributed by atoms with E-state index in [4.69, 9.17) is 0 Å². The summed E-state index contributed by atoms with van der Waals surface area (Å²) in [5, 5.41) is 9.51. The van der Waals surface area contributed by atoms with Crippen molar-refractivity contribution < 1.29 is 4.39 Å². The van der Waals surface area contributed by atoms with Crippen LogP contribution in [-0.4, -0.2) is 24.0 Å². The van der Waals surface area contributed by atoms with Gasteiger partial charge in [-0.05, 0) is 37.6 Å². The third-order valence-electron chi connectivity index (χ3n) is 3.50. The molecule has 0 radical (unpaired) electrons. The minimum atomic E-state index is -0.241. The third kappa shape index (κ3) is 4.48. The van der Waals surface area contributed by atoms with Gasteiger partial charge in [0.05, 0.1) is 16.3 Å². The topological polar surface area (TPSA) is 40.2 Å². The molecule has 1 atom stereocenters. The molecule has 0 aliphatic heterocycles. The number of thiazole rings is 1. The van der Waals surface area contributed by atoms with E-state index in [9.17, 15) is 4.39 Å². The van der Waals surface area contributed by atoms with Gasteiger partial charge in [0.25, 0.3) is 0 Å². The van der Waals surface area contributed by atoms with Crippen LogP contribution in [-0.2, 0) is 0 Å². The van der Waals surface area contributed by atoms with E-state index in [1.807, 2.05) is 31.3 Å². The predicted molar refractivity (Wildman–Crippen MR) is 104 cm³/mol. The van der Waals surface area contributed by atoms with Crippen LogP contribution in [0, 0.1) is 5.82 Å². The molecule has 2 aromatic rings. The summed E-state index contributed by atoms with van der Waals surface area (Å²) in [5.41, 5.74) is 2.85. The zero-order valence-electron chi connectivity index (χ0n) is 14.2. The van der Waals surface area contributed by atoms with Crippen LogP contribution in [0.15, 0.2) is 41.2 Å². The summed E-state index contributed by atoms with van der Waals surface area (Å²) in [7, 11) is 3.88. The largest absolute Gasteiger partial charge is 0.373 e. The molecular formula is C17H22BrFN4S. The molecule has 1 aromatic carbocycles. The second-order valence-corrected chi connectivity index (χ2v) is 7.48. The number of aromatic nitrogens is 1. The standard InChI is InChI=1S/C17H22BrFN4S/c1-5-14(21-11(2)18)16(20-3)23(4)17-22-15(10-24-17)12-6-8-13(19)9-7-12/h6-11,20-21H,5H2,1-4H3/b16-14+. The Morgan fingerprint density at radius 1 is 1.38 bits per heavy atom. The van der Waals surface area contributed by atoms with E-state index in [1.165, 1.54) is 12.1 Å². The molecule has 2 rings (SSSR count). The van der Waals surface area contributed by atoms with E-state index in [2.05, 4.69) is 38.5 Å². The molecule has 7 heteroatoms. The first-order chi connectivity index (χ1) is 11.5. The van der Waals surface area contributed by atoms with Gasteiger partial charge in [-0.25, -0.2) is 9.37 Å². The second-order valence-electron chi connectivity index (χ2n) is 5.27. The summed E-state index contributed by atoms with van der Waals surface area (Å²) < 4.78 is 13.1. The molecule has 1 unspecified atom stereocenters. The Balaban J connectivity index is 2.30. The highest BCUT2D eigenvalue weighted by atomic mass is 79.9. The number of nitrogens with zero attached hydrogens (tertiary/aromatic N) is 2. The van der Waals surface area contributed by atoms with Gasteiger partial charge in [-0.2, -0.15) is 0 Å². The number of benzene rings is 1. The number of alkyl halides is 1. The molecule has 130 valence electrons. The minimum Gasteiger partial charge on any atom is -0.373 e. The minimum absolute atomic E-state index is 0.176. The molecule has 0 bridgehead atoms. The van der Waals surface area contributed by atoms with E-state index in [0.29, 0.717) is 0 Å². The normalized spacial score (nSPS) is 13.2. The zero-order chi connectivity index (χ0) is 17.7. The molecule has 2 N–H and O–H groups in total. The summed E-state index contributed by atoms with van der Waals surface area (Å²) in [5.74, 6) is 0.734. The van der Waals surface area contributed by atoms with Crippen molar-refractivity contribution in [3.05, 3.63) is 47.0 Å². The lowest BCUT2D eigenvalue weighted by molar-refractivity contribution is 0.628. The zero-order valence-corrected chi connectivity index (χ0v) is 16.6. The molecule has 1 aromatic heterocycles. The first kappa shape index (κ1) is 18.7. The van der Waals surface area contributed by atoms with Crippen LogP contribution in [0.4, 0.5) is 9.52 Å². The fraction of sp³-hybridized carbons (Fsp3) is 0.353. The van der Waals surface area contributed by atoms with Gasteiger partial charge in [0, 0.05) is 25.0 Å². The third-order valence-corrected chi connectivity index (χ3v) is 4.65. The number of rotatable bonds is 7. The maximum absolute atomic E-state index is 13.1. The van der Waals surface area contributed by atoms with E-state index in [-0.39, 0.29) is 10.8 Å². The summed E-state index contributed by atoms with van der Waals surface area (Å²) in [4.78, 5) is 6.89. The molecule has 0 aliphatic rings. The van der Waals surface area contributed by atoms with Gasteiger partial charge in [-0.3, -0.25) is 0 Å². The molecule has 0 fully saturated rings. The van der Waals surface area contributed by atoms with Crippen LogP contribution in [0.5, 0.6) is 0 Å². The molecule has 0 amide bonds. The Labute approximate surface area is 154 Å². The number of allylic oxidation sites excluding steroid dienone is 1. The Hall–Kier alpha value is -1.60. The van der Waals surface area contributed by atoms with Crippen LogP contribution in [0.3, 0.4) is 0 Å². The van der Waals surface area contributed by atoms with Crippen molar-refractivity contribution in [3.8, 4) is 11.3 Å². The fourth-order valence-electron chi connectivity index (χ4n) is 2.37.